The van der Waals surface area contributed by atoms with Crippen LogP contribution in [0.5, 0.6) is 0 Å². The minimum absolute atomic E-state index is 0.0301. The third-order valence-corrected chi connectivity index (χ3v) is 6.95. The number of carbonyl (C=O) groups is 2. The van der Waals surface area contributed by atoms with Gasteiger partial charge in [-0.25, -0.2) is 4.79 Å². The maximum Gasteiger partial charge on any atom is 0.337 e. The number of rotatable bonds is 4. The van der Waals surface area contributed by atoms with Gasteiger partial charge in [-0.3, -0.25) is 14.9 Å². The molecule has 1 atom stereocenters. The highest BCUT2D eigenvalue weighted by atomic mass is 16.6. The smallest absolute Gasteiger partial charge is 0.337 e. The molecule has 3 aliphatic rings. The lowest BCUT2D eigenvalue weighted by Crippen LogP contribution is -2.39. The zero-order valence-corrected chi connectivity index (χ0v) is 19.6. The van der Waals surface area contributed by atoms with Crippen LogP contribution >= 0.6 is 0 Å². The first-order valence-corrected chi connectivity index (χ1v) is 11.9. The first-order chi connectivity index (χ1) is 15.7. The Hall–Kier alpha value is -2.96. The number of non-ortho nitro benzene ring substituents is 1. The fraction of sp³-hybridized carbons (Fsp3) is 0.538. The Bertz CT molecular complexity index is 1040. The summed E-state index contributed by atoms with van der Waals surface area (Å²) in [4.78, 5) is 37.9. The first-order valence-electron chi connectivity index (χ1n) is 11.9. The third kappa shape index (κ3) is 4.87. The van der Waals surface area contributed by atoms with E-state index in [1.54, 1.807) is 12.1 Å². The molecular formula is C26H32N2O5. The molecule has 0 aromatic heterocycles. The van der Waals surface area contributed by atoms with Gasteiger partial charge in [0.2, 0.25) is 0 Å². The van der Waals surface area contributed by atoms with Crippen LogP contribution in [0.3, 0.4) is 0 Å². The lowest BCUT2D eigenvalue weighted by Gasteiger charge is -2.39. The summed E-state index contributed by atoms with van der Waals surface area (Å²) in [5.41, 5.74) is 2.67. The average Bonchev–Trinajstić information content (AvgIpc) is 3.00. The molecule has 1 aromatic rings. The fourth-order valence-electron chi connectivity index (χ4n) is 5.43. The molecule has 1 N–H and O–H groups in total. The molecule has 0 spiro atoms. The van der Waals surface area contributed by atoms with Gasteiger partial charge >= 0.3 is 5.97 Å². The van der Waals surface area contributed by atoms with Crippen molar-refractivity contribution in [3.63, 3.8) is 0 Å². The van der Waals surface area contributed by atoms with Crippen LogP contribution in [0.1, 0.15) is 83.6 Å². The highest BCUT2D eigenvalue weighted by Gasteiger charge is 2.43. The van der Waals surface area contributed by atoms with Gasteiger partial charge in [-0.05, 0) is 50.0 Å². The monoisotopic (exact) mass is 452 g/mol. The van der Waals surface area contributed by atoms with Gasteiger partial charge in [0.15, 0.2) is 5.78 Å². The van der Waals surface area contributed by atoms with Crippen LogP contribution in [-0.4, -0.2) is 22.8 Å². The Morgan fingerprint density at radius 3 is 2.52 bits per heavy atom. The molecule has 33 heavy (non-hydrogen) atoms. The molecule has 0 unspecified atom stereocenters. The van der Waals surface area contributed by atoms with E-state index in [1.165, 1.54) is 12.1 Å². The van der Waals surface area contributed by atoms with Crippen molar-refractivity contribution in [3.05, 3.63) is 62.5 Å². The Morgan fingerprint density at radius 1 is 1.15 bits per heavy atom. The molecular weight excluding hydrogens is 420 g/mol. The number of ketones is 1. The number of nitrogens with zero attached hydrogens (tertiary/aromatic N) is 1. The highest BCUT2D eigenvalue weighted by Crippen LogP contribution is 2.47. The molecule has 0 bridgehead atoms. The van der Waals surface area contributed by atoms with E-state index >= 15 is 0 Å². The van der Waals surface area contributed by atoms with Crippen LogP contribution in [0, 0.1) is 15.5 Å². The van der Waals surface area contributed by atoms with Crippen LogP contribution in [0.2, 0.25) is 0 Å². The summed E-state index contributed by atoms with van der Waals surface area (Å²) in [7, 11) is 0. The standard InChI is InChI=1S/C26H32N2O5/c1-16-22(25(30)33-19-11-6-4-5-7-12-19)23(17-9-8-10-18(13-17)28(31)32)24-20(27-16)14-26(2,3)15-21(24)29/h8-10,13,19,23,27H,4-7,11-12,14-15H2,1-3H3/t23-/m0/s1. The van der Waals surface area contributed by atoms with Crippen LogP contribution in [0.4, 0.5) is 5.69 Å². The molecule has 1 fully saturated rings. The summed E-state index contributed by atoms with van der Waals surface area (Å²) in [6, 6.07) is 6.26. The van der Waals surface area contributed by atoms with Gasteiger partial charge in [-0.15, -0.1) is 0 Å². The number of benzene rings is 1. The quantitative estimate of drug-likeness (QED) is 0.282. The largest absolute Gasteiger partial charge is 0.459 e. The van der Waals surface area contributed by atoms with Crippen LogP contribution < -0.4 is 5.32 Å². The minimum atomic E-state index is -0.678. The molecule has 1 saturated carbocycles. The Balaban J connectivity index is 1.77. The van der Waals surface area contributed by atoms with E-state index in [1.807, 2.05) is 20.8 Å². The number of nitro benzene ring substituents is 1. The summed E-state index contributed by atoms with van der Waals surface area (Å²) >= 11 is 0. The maximum absolute atomic E-state index is 13.5. The maximum atomic E-state index is 13.5. The molecule has 7 nitrogen and oxygen atoms in total. The summed E-state index contributed by atoms with van der Waals surface area (Å²) in [6.07, 6.45) is 6.94. The number of Topliss-reactive ketones (excluding diaryl/α,β-unsaturated/α-hetero) is 1. The molecule has 1 heterocycles. The van der Waals surface area contributed by atoms with Crippen molar-refractivity contribution >= 4 is 17.4 Å². The average molecular weight is 453 g/mol. The van der Waals surface area contributed by atoms with Crippen molar-refractivity contribution in [3.8, 4) is 0 Å². The predicted molar refractivity (Wildman–Crippen MR) is 124 cm³/mol. The SMILES string of the molecule is CC1=C(C(=O)OC2CCCCCC2)[C@H](c2cccc([N+](=O)[O-])c2)C2=C(CC(C)(C)CC2=O)N1. The second-order valence-corrected chi connectivity index (χ2v) is 10.3. The number of hydrogen-bond donors (Lipinski definition) is 1. The van der Waals surface area contributed by atoms with Gasteiger partial charge in [0.1, 0.15) is 6.10 Å². The zero-order chi connectivity index (χ0) is 23.8. The van der Waals surface area contributed by atoms with Crippen molar-refractivity contribution in [2.45, 2.75) is 84.2 Å². The molecule has 176 valence electrons. The van der Waals surface area contributed by atoms with Crippen molar-refractivity contribution in [2.24, 2.45) is 5.41 Å². The minimum Gasteiger partial charge on any atom is -0.459 e. The Morgan fingerprint density at radius 2 is 1.85 bits per heavy atom. The molecule has 1 aliphatic heterocycles. The number of ether oxygens (including phenoxy) is 1. The highest BCUT2D eigenvalue weighted by molar-refractivity contribution is 6.04. The van der Waals surface area contributed by atoms with Crippen molar-refractivity contribution < 1.29 is 19.2 Å². The van der Waals surface area contributed by atoms with Crippen molar-refractivity contribution in [1.29, 1.82) is 0 Å². The summed E-state index contributed by atoms with van der Waals surface area (Å²) < 4.78 is 5.96. The van der Waals surface area contributed by atoms with E-state index < -0.39 is 16.8 Å². The number of esters is 1. The predicted octanol–water partition coefficient (Wildman–Crippen LogP) is 5.46. The molecule has 0 radical (unpaired) electrons. The Kier molecular flexibility index (Phi) is 6.41. The van der Waals surface area contributed by atoms with Crippen LogP contribution in [0.25, 0.3) is 0 Å². The lowest BCUT2D eigenvalue weighted by molar-refractivity contribution is -0.384. The van der Waals surface area contributed by atoms with Gasteiger partial charge in [0, 0.05) is 41.4 Å². The van der Waals surface area contributed by atoms with Gasteiger partial charge in [-0.2, -0.15) is 0 Å². The number of hydrogen-bond acceptors (Lipinski definition) is 6. The third-order valence-electron chi connectivity index (χ3n) is 6.95. The fourth-order valence-corrected chi connectivity index (χ4v) is 5.43. The lowest BCUT2D eigenvalue weighted by atomic mass is 9.68. The molecule has 7 heteroatoms. The van der Waals surface area contributed by atoms with Crippen LogP contribution in [0.15, 0.2) is 46.8 Å². The molecule has 4 rings (SSSR count). The molecule has 0 saturated heterocycles. The van der Waals surface area contributed by atoms with E-state index in [2.05, 4.69) is 5.32 Å². The number of carbonyl (C=O) groups excluding carboxylic acids is 2. The summed E-state index contributed by atoms with van der Waals surface area (Å²) in [6.45, 7) is 5.92. The van der Waals surface area contributed by atoms with Gasteiger partial charge in [0.05, 0.1) is 10.5 Å². The Labute approximate surface area is 194 Å². The first kappa shape index (κ1) is 23.2. The molecule has 2 aliphatic carbocycles. The van der Waals surface area contributed by atoms with Crippen molar-refractivity contribution in [1.82, 2.24) is 5.32 Å². The zero-order valence-electron chi connectivity index (χ0n) is 19.6. The van der Waals surface area contributed by atoms with Crippen LogP contribution in [-0.2, 0) is 14.3 Å². The molecule has 1 aromatic carbocycles. The number of nitro groups is 1. The van der Waals surface area contributed by atoms with E-state index in [4.69, 9.17) is 4.74 Å². The number of dihydropyridines is 1. The van der Waals surface area contributed by atoms with Crippen molar-refractivity contribution in [2.75, 3.05) is 0 Å². The van der Waals surface area contributed by atoms with Gasteiger partial charge in [0.25, 0.3) is 5.69 Å². The van der Waals surface area contributed by atoms with Gasteiger partial charge < -0.3 is 10.1 Å². The topological polar surface area (TPSA) is 98.5 Å². The van der Waals surface area contributed by atoms with Gasteiger partial charge in [-0.1, -0.05) is 38.8 Å². The normalized spacial score (nSPS) is 23.5. The van der Waals surface area contributed by atoms with E-state index in [-0.39, 0.29) is 23.0 Å². The van der Waals surface area contributed by atoms with E-state index in [0.29, 0.717) is 35.2 Å². The second kappa shape index (κ2) is 9.12. The summed E-state index contributed by atoms with van der Waals surface area (Å²) in [5, 5.41) is 14.8. The van der Waals surface area contributed by atoms with E-state index in [0.717, 1.165) is 44.2 Å². The second-order valence-electron chi connectivity index (χ2n) is 10.3. The summed E-state index contributed by atoms with van der Waals surface area (Å²) in [5.74, 6) is -1.15. The number of allylic oxidation sites excluding steroid dienone is 3. The molecule has 0 amide bonds. The van der Waals surface area contributed by atoms with E-state index in [9.17, 15) is 19.7 Å². The number of nitrogens with one attached hydrogen (secondary N) is 1.